The normalized spacial score (nSPS) is 14.4. The van der Waals surface area contributed by atoms with E-state index in [4.69, 9.17) is 15.2 Å². The quantitative estimate of drug-likeness (QED) is 0.617. The van der Waals surface area contributed by atoms with Crippen molar-refractivity contribution in [3.05, 3.63) is 11.8 Å². The minimum atomic E-state index is 0.407. The van der Waals surface area contributed by atoms with Crippen molar-refractivity contribution >= 4 is 5.82 Å². The minimum absolute atomic E-state index is 0.407. The number of hydrogen-bond acceptors (Lipinski definition) is 4. The Morgan fingerprint density at radius 2 is 2.17 bits per heavy atom. The summed E-state index contributed by atoms with van der Waals surface area (Å²) in [5.41, 5.74) is 6.47. The lowest BCUT2D eigenvalue weighted by molar-refractivity contribution is 0.172. The maximum absolute atomic E-state index is 5.63. The van der Waals surface area contributed by atoms with Crippen LogP contribution < -0.4 is 15.2 Å². The summed E-state index contributed by atoms with van der Waals surface area (Å²) in [5.74, 6) is 1.68. The SMILES string of the molecule is Cc1cc2c(c(N)n1)OCCO2. The summed E-state index contributed by atoms with van der Waals surface area (Å²) in [5, 5.41) is 0. The van der Waals surface area contributed by atoms with Gasteiger partial charge in [-0.2, -0.15) is 0 Å². The first kappa shape index (κ1) is 7.21. The molecule has 2 rings (SSSR count). The van der Waals surface area contributed by atoms with Gasteiger partial charge in [0.25, 0.3) is 0 Å². The first-order chi connectivity index (χ1) is 5.77. The lowest BCUT2D eigenvalue weighted by atomic mass is 10.3. The molecule has 0 saturated heterocycles. The van der Waals surface area contributed by atoms with Crippen LogP contribution in [0.5, 0.6) is 11.5 Å². The highest BCUT2D eigenvalue weighted by Crippen LogP contribution is 2.34. The Bertz CT molecular complexity index is 312. The molecule has 0 unspecified atom stereocenters. The van der Waals surface area contributed by atoms with Crippen LogP contribution in [0.15, 0.2) is 6.07 Å². The van der Waals surface area contributed by atoms with Crippen LogP contribution in [0.2, 0.25) is 0 Å². The molecule has 0 saturated carbocycles. The third-order valence-electron chi connectivity index (χ3n) is 1.68. The lowest BCUT2D eigenvalue weighted by Gasteiger charge is -2.19. The van der Waals surface area contributed by atoms with E-state index in [1.54, 1.807) is 0 Å². The average molecular weight is 166 g/mol. The summed E-state index contributed by atoms with van der Waals surface area (Å²) in [6.07, 6.45) is 0. The van der Waals surface area contributed by atoms with Gasteiger partial charge in [0.1, 0.15) is 13.2 Å². The van der Waals surface area contributed by atoms with Gasteiger partial charge in [-0.15, -0.1) is 0 Å². The van der Waals surface area contributed by atoms with Gasteiger partial charge in [0.05, 0.1) is 0 Å². The van der Waals surface area contributed by atoms with E-state index in [1.165, 1.54) is 0 Å². The number of ether oxygens (including phenoxy) is 2. The molecule has 0 radical (unpaired) electrons. The summed E-state index contributed by atoms with van der Waals surface area (Å²) in [4.78, 5) is 4.06. The highest BCUT2D eigenvalue weighted by molar-refractivity contribution is 5.56. The molecule has 0 fully saturated rings. The minimum Gasteiger partial charge on any atom is -0.486 e. The summed E-state index contributed by atoms with van der Waals surface area (Å²) in [6, 6.07) is 1.82. The third kappa shape index (κ3) is 1.05. The highest BCUT2D eigenvalue weighted by atomic mass is 16.6. The van der Waals surface area contributed by atoms with Crippen molar-refractivity contribution in [1.82, 2.24) is 4.98 Å². The molecule has 12 heavy (non-hydrogen) atoms. The van der Waals surface area contributed by atoms with Crippen molar-refractivity contribution in [3.63, 3.8) is 0 Å². The molecule has 2 N–H and O–H groups in total. The summed E-state index contributed by atoms with van der Waals surface area (Å²) >= 11 is 0. The second-order valence-corrected chi connectivity index (χ2v) is 2.67. The molecule has 0 spiro atoms. The van der Waals surface area contributed by atoms with E-state index in [1.807, 2.05) is 13.0 Å². The largest absolute Gasteiger partial charge is 0.486 e. The number of aryl methyl sites for hydroxylation is 1. The molecule has 0 amide bonds. The van der Waals surface area contributed by atoms with E-state index in [-0.39, 0.29) is 0 Å². The molecule has 1 aliphatic heterocycles. The van der Waals surface area contributed by atoms with Crippen LogP contribution in [0.3, 0.4) is 0 Å². The van der Waals surface area contributed by atoms with Crippen LogP contribution in [-0.2, 0) is 0 Å². The Labute approximate surface area is 70.3 Å². The summed E-state index contributed by atoms with van der Waals surface area (Å²) < 4.78 is 10.6. The molecule has 0 atom stereocenters. The van der Waals surface area contributed by atoms with Crippen molar-refractivity contribution in [3.8, 4) is 11.5 Å². The van der Waals surface area contributed by atoms with Crippen LogP contribution in [0.25, 0.3) is 0 Å². The van der Waals surface area contributed by atoms with Crippen molar-refractivity contribution in [2.45, 2.75) is 6.92 Å². The smallest absolute Gasteiger partial charge is 0.203 e. The fourth-order valence-electron chi connectivity index (χ4n) is 1.20. The van der Waals surface area contributed by atoms with E-state index in [0.29, 0.717) is 30.5 Å². The topological polar surface area (TPSA) is 57.4 Å². The first-order valence-electron chi connectivity index (χ1n) is 3.80. The average Bonchev–Trinajstić information content (AvgIpc) is 2.04. The van der Waals surface area contributed by atoms with Gasteiger partial charge in [-0.05, 0) is 6.92 Å². The number of nitrogens with zero attached hydrogens (tertiary/aromatic N) is 1. The van der Waals surface area contributed by atoms with Gasteiger partial charge in [-0.3, -0.25) is 0 Å². The van der Waals surface area contributed by atoms with Crippen molar-refractivity contribution in [2.75, 3.05) is 18.9 Å². The highest BCUT2D eigenvalue weighted by Gasteiger charge is 2.15. The number of pyridine rings is 1. The van der Waals surface area contributed by atoms with Crippen molar-refractivity contribution < 1.29 is 9.47 Å². The zero-order valence-corrected chi connectivity index (χ0v) is 6.83. The Balaban J connectivity index is 2.53. The molecule has 1 aliphatic rings. The zero-order chi connectivity index (χ0) is 8.55. The molecular formula is C8H10N2O2. The Morgan fingerprint density at radius 3 is 3.00 bits per heavy atom. The van der Waals surface area contributed by atoms with Gasteiger partial charge in [0.15, 0.2) is 11.6 Å². The maximum atomic E-state index is 5.63. The zero-order valence-electron chi connectivity index (χ0n) is 6.83. The van der Waals surface area contributed by atoms with Gasteiger partial charge in [0.2, 0.25) is 5.75 Å². The number of hydrogen-bond donors (Lipinski definition) is 1. The number of fused-ring (bicyclic) bond motifs is 1. The molecular weight excluding hydrogens is 156 g/mol. The van der Waals surface area contributed by atoms with E-state index in [9.17, 15) is 0 Å². The van der Waals surface area contributed by atoms with Crippen LogP contribution in [0.1, 0.15) is 5.69 Å². The van der Waals surface area contributed by atoms with Crippen LogP contribution in [0.4, 0.5) is 5.82 Å². The maximum Gasteiger partial charge on any atom is 0.203 e. The molecule has 4 heteroatoms. The number of anilines is 1. The van der Waals surface area contributed by atoms with E-state index < -0.39 is 0 Å². The molecule has 1 aromatic rings. The molecule has 64 valence electrons. The van der Waals surface area contributed by atoms with Gasteiger partial charge in [-0.25, -0.2) is 4.98 Å². The van der Waals surface area contributed by atoms with Gasteiger partial charge in [0, 0.05) is 11.8 Å². The molecule has 1 aromatic heterocycles. The van der Waals surface area contributed by atoms with Gasteiger partial charge < -0.3 is 15.2 Å². The Kier molecular flexibility index (Phi) is 1.53. The van der Waals surface area contributed by atoms with E-state index in [0.717, 1.165) is 5.69 Å². The number of nitrogens with two attached hydrogens (primary N) is 1. The molecule has 0 aliphatic carbocycles. The second-order valence-electron chi connectivity index (χ2n) is 2.67. The fraction of sp³-hybridized carbons (Fsp3) is 0.375. The lowest BCUT2D eigenvalue weighted by Crippen LogP contribution is -2.17. The van der Waals surface area contributed by atoms with Gasteiger partial charge in [-0.1, -0.05) is 0 Å². The van der Waals surface area contributed by atoms with Crippen molar-refractivity contribution in [2.24, 2.45) is 0 Å². The molecule has 0 bridgehead atoms. The first-order valence-corrected chi connectivity index (χ1v) is 3.80. The molecule has 4 nitrogen and oxygen atoms in total. The molecule has 2 heterocycles. The van der Waals surface area contributed by atoms with Gasteiger partial charge >= 0.3 is 0 Å². The summed E-state index contributed by atoms with van der Waals surface area (Å²) in [7, 11) is 0. The van der Waals surface area contributed by atoms with Crippen molar-refractivity contribution in [1.29, 1.82) is 0 Å². The van der Waals surface area contributed by atoms with Crippen LogP contribution in [0, 0.1) is 6.92 Å². The summed E-state index contributed by atoms with van der Waals surface area (Å²) in [6.45, 7) is 2.99. The third-order valence-corrected chi connectivity index (χ3v) is 1.68. The second kappa shape index (κ2) is 2.55. The van der Waals surface area contributed by atoms with Crippen LogP contribution >= 0.6 is 0 Å². The Morgan fingerprint density at radius 1 is 1.42 bits per heavy atom. The molecule has 0 aromatic carbocycles. The predicted octanol–water partition coefficient (Wildman–Crippen LogP) is 0.743. The number of rotatable bonds is 0. The monoisotopic (exact) mass is 166 g/mol. The number of nitrogen functional groups attached to an aromatic ring is 1. The fourth-order valence-corrected chi connectivity index (χ4v) is 1.20. The Hall–Kier alpha value is -1.45. The van der Waals surface area contributed by atoms with E-state index in [2.05, 4.69) is 4.98 Å². The predicted molar refractivity (Wildman–Crippen MR) is 44.4 cm³/mol. The number of aromatic nitrogens is 1. The van der Waals surface area contributed by atoms with Crippen LogP contribution in [-0.4, -0.2) is 18.2 Å². The van der Waals surface area contributed by atoms with E-state index >= 15 is 0 Å². The standard InChI is InChI=1S/C8H10N2O2/c1-5-4-6-7(8(9)10-5)12-3-2-11-6/h4H,2-3H2,1H3,(H2,9,10).